The number of ether oxygens (including phenoxy) is 2. The van der Waals surface area contributed by atoms with Crippen LogP contribution in [0.2, 0.25) is 0 Å². The molecule has 0 aliphatic rings. The maximum absolute atomic E-state index is 10.0. The molecule has 0 saturated heterocycles. The topological polar surface area (TPSA) is 41.9 Å². The van der Waals surface area contributed by atoms with Gasteiger partial charge in [-0.3, -0.25) is 0 Å². The Morgan fingerprint density at radius 2 is 1.68 bits per heavy atom. The molecule has 1 N–H and O–H groups in total. The molecule has 0 radical (unpaired) electrons. The summed E-state index contributed by atoms with van der Waals surface area (Å²) >= 11 is 0. The predicted molar refractivity (Wildman–Crippen MR) is 79.5 cm³/mol. The average molecular weight is 275 g/mol. The van der Waals surface area contributed by atoms with Gasteiger partial charge in [0.05, 0.1) is 25.4 Å². The molecule has 0 rings (SSSR count). The van der Waals surface area contributed by atoms with Crippen LogP contribution in [-0.2, 0) is 9.47 Å². The third-order valence-electron chi connectivity index (χ3n) is 3.56. The lowest BCUT2D eigenvalue weighted by molar-refractivity contribution is -0.0403. The Kier molecular flexibility index (Phi) is 11.6. The van der Waals surface area contributed by atoms with Crippen molar-refractivity contribution in [2.24, 2.45) is 5.92 Å². The third kappa shape index (κ3) is 9.38. The standard InChI is InChI=1S/C15H33NO3/c1-6-14(7-2)9-16(8-3)10-15(17)12-19-13(4)11-18-5/h13-15,17H,6-12H2,1-5H3. The normalized spacial score (nSPS) is 15.2. The summed E-state index contributed by atoms with van der Waals surface area (Å²) < 4.78 is 10.5. The summed E-state index contributed by atoms with van der Waals surface area (Å²) in [5.74, 6) is 0.723. The zero-order valence-corrected chi connectivity index (χ0v) is 13.4. The molecule has 2 atom stereocenters. The summed E-state index contributed by atoms with van der Waals surface area (Å²) in [4.78, 5) is 2.31. The first kappa shape index (κ1) is 18.8. The number of hydrogen-bond acceptors (Lipinski definition) is 4. The molecule has 4 heteroatoms. The Hall–Kier alpha value is -0.160. The molecule has 116 valence electrons. The minimum atomic E-state index is -0.423. The van der Waals surface area contributed by atoms with Crippen LogP contribution >= 0.6 is 0 Å². The number of aliphatic hydroxyl groups excluding tert-OH is 1. The molecule has 0 aromatic carbocycles. The smallest absolute Gasteiger partial charge is 0.0900 e. The quantitative estimate of drug-likeness (QED) is 0.592. The molecule has 0 spiro atoms. The van der Waals surface area contributed by atoms with E-state index in [2.05, 4.69) is 25.7 Å². The van der Waals surface area contributed by atoms with Crippen molar-refractivity contribution in [2.75, 3.05) is 40.0 Å². The molecule has 4 nitrogen and oxygen atoms in total. The summed E-state index contributed by atoms with van der Waals surface area (Å²) in [7, 11) is 1.66. The zero-order valence-electron chi connectivity index (χ0n) is 13.4. The van der Waals surface area contributed by atoms with Gasteiger partial charge in [-0.15, -0.1) is 0 Å². The highest BCUT2D eigenvalue weighted by atomic mass is 16.5. The number of hydrogen-bond donors (Lipinski definition) is 1. The zero-order chi connectivity index (χ0) is 14.7. The predicted octanol–water partition coefficient (Wildman–Crippen LogP) is 2.16. The van der Waals surface area contributed by atoms with Crippen molar-refractivity contribution in [1.29, 1.82) is 0 Å². The van der Waals surface area contributed by atoms with Gasteiger partial charge in [0.25, 0.3) is 0 Å². The van der Waals surface area contributed by atoms with Crippen molar-refractivity contribution in [1.82, 2.24) is 4.90 Å². The van der Waals surface area contributed by atoms with E-state index in [0.717, 1.165) is 19.0 Å². The lowest BCUT2D eigenvalue weighted by atomic mass is 10.0. The highest BCUT2D eigenvalue weighted by Gasteiger charge is 2.15. The van der Waals surface area contributed by atoms with E-state index in [1.54, 1.807) is 7.11 Å². The summed E-state index contributed by atoms with van der Waals surface area (Å²) in [6, 6.07) is 0. The third-order valence-corrected chi connectivity index (χ3v) is 3.56. The summed E-state index contributed by atoms with van der Waals surface area (Å²) in [5.41, 5.74) is 0. The molecule has 0 aliphatic carbocycles. The molecule has 2 unspecified atom stereocenters. The van der Waals surface area contributed by atoms with Gasteiger partial charge in [-0.2, -0.15) is 0 Å². The van der Waals surface area contributed by atoms with Crippen LogP contribution in [0.15, 0.2) is 0 Å². The van der Waals surface area contributed by atoms with Crippen molar-refractivity contribution < 1.29 is 14.6 Å². The first-order valence-electron chi connectivity index (χ1n) is 7.58. The summed E-state index contributed by atoms with van der Waals surface area (Å²) in [6.45, 7) is 12.2. The molecule has 0 amide bonds. The monoisotopic (exact) mass is 275 g/mol. The number of rotatable bonds is 12. The molecule has 19 heavy (non-hydrogen) atoms. The number of aliphatic hydroxyl groups is 1. The van der Waals surface area contributed by atoms with Crippen molar-refractivity contribution in [2.45, 2.75) is 52.7 Å². The molecule has 0 aromatic rings. The van der Waals surface area contributed by atoms with Gasteiger partial charge in [-0.1, -0.05) is 33.6 Å². The minimum Gasteiger partial charge on any atom is -0.389 e. The van der Waals surface area contributed by atoms with Crippen LogP contribution in [0.4, 0.5) is 0 Å². The van der Waals surface area contributed by atoms with E-state index in [-0.39, 0.29) is 6.10 Å². The fraction of sp³-hybridized carbons (Fsp3) is 1.00. The molecule has 0 fully saturated rings. The van der Waals surface area contributed by atoms with Gasteiger partial charge in [-0.25, -0.2) is 0 Å². The maximum atomic E-state index is 10.0. The molecule has 0 bridgehead atoms. The van der Waals surface area contributed by atoms with E-state index in [0.29, 0.717) is 19.8 Å². The van der Waals surface area contributed by atoms with E-state index in [1.165, 1.54) is 12.8 Å². The minimum absolute atomic E-state index is 0.0359. The van der Waals surface area contributed by atoms with Gasteiger partial charge in [0.1, 0.15) is 0 Å². The number of likely N-dealkylation sites (N-methyl/N-ethyl adjacent to an activating group) is 1. The first-order chi connectivity index (χ1) is 9.07. The molecular weight excluding hydrogens is 242 g/mol. The SMILES string of the molecule is CCC(CC)CN(CC)CC(O)COC(C)COC. The lowest BCUT2D eigenvalue weighted by Gasteiger charge is -2.27. The van der Waals surface area contributed by atoms with E-state index in [9.17, 15) is 5.11 Å². The van der Waals surface area contributed by atoms with Crippen molar-refractivity contribution >= 4 is 0 Å². The Morgan fingerprint density at radius 3 is 2.16 bits per heavy atom. The Morgan fingerprint density at radius 1 is 1.05 bits per heavy atom. The first-order valence-corrected chi connectivity index (χ1v) is 7.58. The Labute approximate surface area is 119 Å². The Bertz CT molecular complexity index is 198. The Balaban J connectivity index is 3.95. The molecular formula is C15H33NO3. The van der Waals surface area contributed by atoms with Crippen molar-refractivity contribution in [3.05, 3.63) is 0 Å². The molecule has 0 aromatic heterocycles. The molecule has 0 heterocycles. The highest BCUT2D eigenvalue weighted by molar-refractivity contribution is 4.67. The van der Waals surface area contributed by atoms with Crippen LogP contribution in [0.3, 0.4) is 0 Å². The van der Waals surface area contributed by atoms with E-state index >= 15 is 0 Å². The van der Waals surface area contributed by atoms with Crippen LogP contribution < -0.4 is 0 Å². The van der Waals surface area contributed by atoms with Crippen LogP contribution in [0.1, 0.15) is 40.5 Å². The van der Waals surface area contributed by atoms with Crippen molar-refractivity contribution in [3.63, 3.8) is 0 Å². The van der Waals surface area contributed by atoms with Gasteiger partial charge < -0.3 is 19.5 Å². The van der Waals surface area contributed by atoms with Crippen LogP contribution in [0, 0.1) is 5.92 Å². The van der Waals surface area contributed by atoms with E-state index < -0.39 is 6.10 Å². The van der Waals surface area contributed by atoms with Gasteiger partial charge in [0.15, 0.2) is 0 Å². The van der Waals surface area contributed by atoms with E-state index in [4.69, 9.17) is 9.47 Å². The maximum Gasteiger partial charge on any atom is 0.0900 e. The summed E-state index contributed by atoms with van der Waals surface area (Å²) in [5, 5.41) is 10.0. The van der Waals surface area contributed by atoms with Gasteiger partial charge in [-0.05, 0) is 19.4 Å². The van der Waals surface area contributed by atoms with Gasteiger partial charge >= 0.3 is 0 Å². The second-order valence-corrected chi connectivity index (χ2v) is 5.29. The van der Waals surface area contributed by atoms with Gasteiger partial charge in [0, 0.05) is 20.2 Å². The highest BCUT2D eigenvalue weighted by Crippen LogP contribution is 2.10. The largest absolute Gasteiger partial charge is 0.389 e. The number of nitrogens with zero attached hydrogens (tertiary/aromatic N) is 1. The fourth-order valence-electron chi connectivity index (χ4n) is 2.15. The average Bonchev–Trinajstić information content (AvgIpc) is 2.41. The molecule has 0 aliphatic heterocycles. The fourth-order valence-corrected chi connectivity index (χ4v) is 2.15. The summed E-state index contributed by atoms with van der Waals surface area (Å²) in [6.07, 6.45) is 2.01. The van der Waals surface area contributed by atoms with E-state index in [1.807, 2.05) is 6.92 Å². The number of methoxy groups -OCH3 is 1. The molecule has 0 saturated carbocycles. The second-order valence-electron chi connectivity index (χ2n) is 5.29. The van der Waals surface area contributed by atoms with Crippen LogP contribution in [-0.4, -0.2) is 62.2 Å². The second kappa shape index (κ2) is 11.6. The van der Waals surface area contributed by atoms with Crippen LogP contribution in [0.5, 0.6) is 0 Å². The van der Waals surface area contributed by atoms with Crippen molar-refractivity contribution in [3.8, 4) is 0 Å². The lowest BCUT2D eigenvalue weighted by Crippen LogP contribution is -2.38. The van der Waals surface area contributed by atoms with Gasteiger partial charge in [0.2, 0.25) is 0 Å². The van der Waals surface area contributed by atoms with Crippen LogP contribution in [0.25, 0.3) is 0 Å².